The lowest BCUT2D eigenvalue weighted by Gasteiger charge is -2.36. The highest BCUT2D eigenvalue weighted by Crippen LogP contribution is 2.23. The summed E-state index contributed by atoms with van der Waals surface area (Å²) in [7, 11) is -2.84. The zero-order valence-electron chi connectivity index (χ0n) is 11.7. The number of sulfone groups is 1. The predicted molar refractivity (Wildman–Crippen MR) is 72.6 cm³/mol. The minimum absolute atomic E-state index is 0.0828. The first-order valence-electron chi connectivity index (χ1n) is 6.99. The number of carbonyl (C=O) groups is 1. The van der Waals surface area contributed by atoms with Crippen LogP contribution in [0.5, 0.6) is 0 Å². The van der Waals surface area contributed by atoms with Gasteiger partial charge in [0.1, 0.15) is 9.84 Å². The first kappa shape index (κ1) is 14.8. The highest BCUT2D eigenvalue weighted by atomic mass is 32.2. The lowest BCUT2D eigenvalue weighted by Crippen LogP contribution is -2.48. The molecular formula is C13H23NO4S. The van der Waals surface area contributed by atoms with Crippen molar-refractivity contribution in [3.8, 4) is 0 Å². The monoisotopic (exact) mass is 289 g/mol. The summed E-state index contributed by atoms with van der Waals surface area (Å²) in [6.07, 6.45) is 1.90. The van der Waals surface area contributed by atoms with Gasteiger partial charge in [0.2, 0.25) is 5.91 Å². The second-order valence-electron chi connectivity index (χ2n) is 5.86. The number of morpholine rings is 1. The molecule has 2 rings (SSSR count). The maximum atomic E-state index is 12.2. The first-order chi connectivity index (χ1) is 8.85. The highest BCUT2D eigenvalue weighted by molar-refractivity contribution is 7.91. The fourth-order valence-electron chi connectivity index (χ4n) is 2.90. The molecule has 0 aromatic rings. The minimum Gasteiger partial charge on any atom is -0.372 e. The van der Waals surface area contributed by atoms with E-state index in [4.69, 9.17) is 4.74 Å². The molecule has 0 aromatic heterocycles. The Labute approximate surface area is 115 Å². The van der Waals surface area contributed by atoms with Crippen LogP contribution in [0.15, 0.2) is 0 Å². The van der Waals surface area contributed by atoms with Crippen LogP contribution in [-0.2, 0) is 19.4 Å². The van der Waals surface area contributed by atoms with Gasteiger partial charge in [-0.15, -0.1) is 0 Å². The Balaban J connectivity index is 1.84. The molecule has 110 valence electrons. The van der Waals surface area contributed by atoms with E-state index in [0.29, 0.717) is 32.4 Å². The van der Waals surface area contributed by atoms with Crippen molar-refractivity contribution in [3.63, 3.8) is 0 Å². The number of hydrogen-bond acceptors (Lipinski definition) is 4. The van der Waals surface area contributed by atoms with E-state index < -0.39 is 9.84 Å². The third-order valence-corrected chi connectivity index (χ3v) is 5.63. The summed E-state index contributed by atoms with van der Waals surface area (Å²) in [6, 6.07) is 0. The molecule has 2 unspecified atom stereocenters. The van der Waals surface area contributed by atoms with Gasteiger partial charge in [0.15, 0.2) is 0 Å². The van der Waals surface area contributed by atoms with Crippen LogP contribution in [-0.4, -0.2) is 56.0 Å². The zero-order valence-corrected chi connectivity index (χ0v) is 12.5. The van der Waals surface area contributed by atoms with Gasteiger partial charge in [0.05, 0.1) is 23.7 Å². The van der Waals surface area contributed by atoms with E-state index in [9.17, 15) is 13.2 Å². The molecule has 6 heteroatoms. The number of rotatable bonds is 2. The SMILES string of the molecule is CC1CN(C(=O)CC2CCS(=O)(=O)CC2)CC(C)O1. The van der Waals surface area contributed by atoms with E-state index in [-0.39, 0.29) is 35.5 Å². The summed E-state index contributed by atoms with van der Waals surface area (Å²) in [5.41, 5.74) is 0. The van der Waals surface area contributed by atoms with Gasteiger partial charge in [-0.2, -0.15) is 0 Å². The third kappa shape index (κ3) is 4.18. The number of nitrogens with zero attached hydrogens (tertiary/aromatic N) is 1. The van der Waals surface area contributed by atoms with Crippen LogP contribution >= 0.6 is 0 Å². The van der Waals surface area contributed by atoms with Crippen molar-refractivity contribution in [2.24, 2.45) is 5.92 Å². The molecular weight excluding hydrogens is 266 g/mol. The molecule has 2 atom stereocenters. The molecule has 0 saturated carbocycles. The molecule has 1 amide bonds. The molecule has 0 N–H and O–H groups in total. The van der Waals surface area contributed by atoms with Crippen LogP contribution in [0.4, 0.5) is 0 Å². The summed E-state index contributed by atoms with van der Waals surface area (Å²) in [4.78, 5) is 14.1. The average molecular weight is 289 g/mol. The van der Waals surface area contributed by atoms with E-state index in [2.05, 4.69) is 0 Å². The topological polar surface area (TPSA) is 63.7 Å². The Morgan fingerprint density at radius 2 is 1.68 bits per heavy atom. The second kappa shape index (κ2) is 5.79. The van der Waals surface area contributed by atoms with Crippen LogP contribution < -0.4 is 0 Å². The number of ether oxygens (including phenoxy) is 1. The first-order valence-corrected chi connectivity index (χ1v) is 8.81. The summed E-state index contributed by atoms with van der Waals surface area (Å²) in [6.45, 7) is 5.24. The predicted octanol–water partition coefficient (Wildman–Crippen LogP) is 0.837. The van der Waals surface area contributed by atoms with Gasteiger partial charge in [0, 0.05) is 19.5 Å². The van der Waals surface area contributed by atoms with Crippen molar-refractivity contribution in [1.82, 2.24) is 4.90 Å². The normalized spacial score (nSPS) is 32.2. The Morgan fingerprint density at radius 1 is 1.16 bits per heavy atom. The van der Waals surface area contributed by atoms with E-state index in [1.165, 1.54) is 0 Å². The smallest absolute Gasteiger partial charge is 0.223 e. The Bertz CT molecular complexity index is 410. The summed E-state index contributed by atoms with van der Waals surface area (Å²) in [5, 5.41) is 0. The lowest BCUT2D eigenvalue weighted by atomic mass is 9.98. The van der Waals surface area contributed by atoms with E-state index in [0.717, 1.165) is 0 Å². The van der Waals surface area contributed by atoms with Gasteiger partial charge in [0.25, 0.3) is 0 Å². The molecule has 0 spiro atoms. The van der Waals surface area contributed by atoms with Crippen molar-refractivity contribution in [2.45, 2.75) is 45.3 Å². The fourth-order valence-corrected chi connectivity index (χ4v) is 4.49. The van der Waals surface area contributed by atoms with Crippen molar-refractivity contribution in [3.05, 3.63) is 0 Å². The van der Waals surface area contributed by atoms with Crippen LogP contribution in [0, 0.1) is 5.92 Å². The summed E-state index contributed by atoms with van der Waals surface area (Å²) < 4.78 is 28.3. The Hall–Kier alpha value is -0.620. The molecule has 5 nitrogen and oxygen atoms in total. The molecule has 2 heterocycles. The van der Waals surface area contributed by atoms with E-state index >= 15 is 0 Å². The molecule has 2 aliphatic heterocycles. The summed E-state index contributed by atoms with van der Waals surface area (Å²) >= 11 is 0. The van der Waals surface area contributed by atoms with Gasteiger partial charge in [-0.1, -0.05) is 0 Å². The van der Waals surface area contributed by atoms with Crippen molar-refractivity contribution in [1.29, 1.82) is 0 Å². The van der Waals surface area contributed by atoms with Gasteiger partial charge in [-0.3, -0.25) is 4.79 Å². The Kier molecular flexibility index (Phi) is 4.50. The van der Waals surface area contributed by atoms with Crippen LogP contribution in [0.25, 0.3) is 0 Å². The molecule has 0 aliphatic carbocycles. The standard InChI is InChI=1S/C13H23NO4S/c1-10-8-14(9-11(2)18-10)13(15)7-12-3-5-19(16,17)6-4-12/h10-12H,3-9H2,1-2H3. The van der Waals surface area contributed by atoms with Gasteiger partial charge in [-0.05, 0) is 32.6 Å². The van der Waals surface area contributed by atoms with Crippen LogP contribution in [0.2, 0.25) is 0 Å². The van der Waals surface area contributed by atoms with Crippen molar-refractivity contribution in [2.75, 3.05) is 24.6 Å². The minimum atomic E-state index is -2.84. The number of carbonyl (C=O) groups excluding carboxylic acids is 1. The summed E-state index contributed by atoms with van der Waals surface area (Å²) in [5.74, 6) is 0.845. The average Bonchev–Trinajstić information content (AvgIpc) is 2.30. The quantitative estimate of drug-likeness (QED) is 0.755. The molecule has 19 heavy (non-hydrogen) atoms. The van der Waals surface area contributed by atoms with E-state index in [1.54, 1.807) is 0 Å². The molecule has 2 saturated heterocycles. The molecule has 0 bridgehead atoms. The van der Waals surface area contributed by atoms with Gasteiger partial charge >= 0.3 is 0 Å². The molecule has 2 aliphatic rings. The lowest BCUT2D eigenvalue weighted by molar-refractivity contribution is -0.144. The maximum absolute atomic E-state index is 12.2. The number of amides is 1. The second-order valence-corrected chi connectivity index (χ2v) is 8.16. The van der Waals surface area contributed by atoms with Crippen molar-refractivity contribution >= 4 is 15.7 Å². The Morgan fingerprint density at radius 3 is 2.21 bits per heavy atom. The maximum Gasteiger partial charge on any atom is 0.223 e. The van der Waals surface area contributed by atoms with Crippen LogP contribution in [0.1, 0.15) is 33.1 Å². The molecule has 0 aromatic carbocycles. The van der Waals surface area contributed by atoms with Crippen molar-refractivity contribution < 1.29 is 17.9 Å². The molecule has 2 fully saturated rings. The van der Waals surface area contributed by atoms with Gasteiger partial charge in [-0.25, -0.2) is 8.42 Å². The largest absolute Gasteiger partial charge is 0.372 e. The van der Waals surface area contributed by atoms with Crippen LogP contribution in [0.3, 0.4) is 0 Å². The number of hydrogen-bond donors (Lipinski definition) is 0. The fraction of sp³-hybridized carbons (Fsp3) is 0.923. The van der Waals surface area contributed by atoms with Gasteiger partial charge < -0.3 is 9.64 Å². The third-order valence-electron chi connectivity index (χ3n) is 3.91. The highest BCUT2D eigenvalue weighted by Gasteiger charge is 2.30. The van der Waals surface area contributed by atoms with E-state index in [1.807, 2.05) is 18.7 Å². The molecule has 0 radical (unpaired) electrons. The zero-order chi connectivity index (χ0) is 14.0.